The SMILES string of the molecule is O=c1c(Cc2cccc(F)c2)cc([N+](=O)[O-])c2n1CCN2. The first-order valence-corrected chi connectivity index (χ1v) is 6.45. The number of nitrogens with one attached hydrogen (secondary N) is 1. The highest BCUT2D eigenvalue weighted by molar-refractivity contribution is 5.59. The van der Waals surface area contributed by atoms with Crippen LogP contribution < -0.4 is 10.9 Å². The Kier molecular flexibility index (Phi) is 3.17. The average Bonchev–Trinajstić information content (AvgIpc) is 2.91. The number of nitro groups is 1. The molecule has 2 aromatic rings. The van der Waals surface area contributed by atoms with E-state index in [1.54, 1.807) is 12.1 Å². The molecule has 1 aliphatic heterocycles. The summed E-state index contributed by atoms with van der Waals surface area (Å²) in [5, 5.41) is 14.0. The van der Waals surface area contributed by atoms with E-state index in [0.717, 1.165) is 0 Å². The van der Waals surface area contributed by atoms with Gasteiger partial charge in [-0.2, -0.15) is 0 Å². The topological polar surface area (TPSA) is 77.2 Å². The second kappa shape index (κ2) is 5.01. The highest BCUT2D eigenvalue weighted by atomic mass is 19.1. The average molecular weight is 289 g/mol. The second-order valence-corrected chi connectivity index (χ2v) is 4.85. The molecule has 6 nitrogen and oxygen atoms in total. The van der Waals surface area contributed by atoms with Crippen LogP contribution in [0.15, 0.2) is 35.1 Å². The summed E-state index contributed by atoms with van der Waals surface area (Å²) in [6.07, 6.45) is 0.164. The number of hydrogen-bond donors (Lipinski definition) is 1. The molecule has 3 rings (SSSR count). The molecule has 0 bridgehead atoms. The van der Waals surface area contributed by atoms with Gasteiger partial charge in [-0.15, -0.1) is 0 Å². The summed E-state index contributed by atoms with van der Waals surface area (Å²) in [5.41, 5.74) is 0.496. The van der Waals surface area contributed by atoms with E-state index in [0.29, 0.717) is 24.2 Å². The fraction of sp³-hybridized carbons (Fsp3) is 0.214. The largest absolute Gasteiger partial charge is 0.364 e. The molecule has 0 spiro atoms. The summed E-state index contributed by atoms with van der Waals surface area (Å²) >= 11 is 0. The van der Waals surface area contributed by atoms with Crippen molar-refractivity contribution in [3.8, 4) is 0 Å². The van der Waals surface area contributed by atoms with Crippen LogP contribution in [-0.2, 0) is 13.0 Å². The quantitative estimate of drug-likeness (QED) is 0.691. The van der Waals surface area contributed by atoms with Crippen LogP contribution in [-0.4, -0.2) is 16.0 Å². The molecule has 0 amide bonds. The summed E-state index contributed by atoms with van der Waals surface area (Å²) in [5.74, 6) is -0.155. The van der Waals surface area contributed by atoms with Gasteiger partial charge in [-0.25, -0.2) is 4.39 Å². The standard InChI is InChI=1S/C14H12FN3O3/c15-11-3-1-2-9(7-11)6-10-8-12(18(20)21)13-16-4-5-17(13)14(10)19/h1-3,7-8,16H,4-6H2. The van der Waals surface area contributed by atoms with Crippen LogP contribution in [0.2, 0.25) is 0 Å². The molecule has 0 saturated heterocycles. The minimum atomic E-state index is -0.515. The number of pyridine rings is 1. The van der Waals surface area contributed by atoms with Crippen LogP contribution in [0, 0.1) is 15.9 Å². The number of rotatable bonds is 3. The Bertz CT molecular complexity index is 786. The van der Waals surface area contributed by atoms with Crippen molar-refractivity contribution in [3.63, 3.8) is 0 Å². The number of anilines is 1. The van der Waals surface area contributed by atoms with Crippen LogP contribution in [0.1, 0.15) is 11.1 Å². The van der Waals surface area contributed by atoms with E-state index in [9.17, 15) is 19.3 Å². The zero-order chi connectivity index (χ0) is 15.0. The van der Waals surface area contributed by atoms with Gasteiger partial charge in [0.15, 0.2) is 5.82 Å². The first-order chi connectivity index (χ1) is 10.1. The van der Waals surface area contributed by atoms with Crippen molar-refractivity contribution in [3.05, 3.63) is 67.7 Å². The number of hydrogen-bond acceptors (Lipinski definition) is 4. The molecule has 1 aliphatic rings. The third kappa shape index (κ3) is 2.37. The highest BCUT2D eigenvalue weighted by Crippen LogP contribution is 2.27. The molecular weight excluding hydrogens is 277 g/mol. The summed E-state index contributed by atoms with van der Waals surface area (Å²) < 4.78 is 14.6. The van der Waals surface area contributed by atoms with E-state index in [1.165, 1.54) is 22.8 Å². The van der Waals surface area contributed by atoms with Gasteiger partial charge in [0.2, 0.25) is 0 Å². The van der Waals surface area contributed by atoms with Gasteiger partial charge in [0.05, 0.1) is 4.92 Å². The molecule has 1 N–H and O–H groups in total. The van der Waals surface area contributed by atoms with Crippen molar-refractivity contribution in [2.45, 2.75) is 13.0 Å². The Morgan fingerprint density at radius 1 is 1.38 bits per heavy atom. The smallest absolute Gasteiger partial charge is 0.310 e. The molecule has 0 atom stereocenters. The zero-order valence-corrected chi connectivity index (χ0v) is 11.0. The van der Waals surface area contributed by atoms with Gasteiger partial charge in [-0.1, -0.05) is 12.1 Å². The third-order valence-corrected chi connectivity index (χ3v) is 3.45. The van der Waals surface area contributed by atoms with Gasteiger partial charge < -0.3 is 5.32 Å². The lowest BCUT2D eigenvalue weighted by atomic mass is 10.1. The Labute approximate surface area is 119 Å². The maximum Gasteiger partial charge on any atom is 0.310 e. The van der Waals surface area contributed by atoms with Crippen LogP contribution in [0.25, 0.3) is 0 Å². The molecule has 2 heterocycles. The van der Waals surface area contributed by atoms with Crippen molar-refractivity contribution in [1.29, 1.82) is 0 Å². The first kappa shape index (κ1) is 13.3. The van der Waals surface area contributed by atoms with Crippen LogP contribution in [0.5, 0.6) is 0 Å². The maximum atomic E-state index is 13.2. The molecule has 1 aromatic carbocycles. The summed E-state index contributed by atoms with van der Waals surface area (Å²) in [7, 11) is 0. The molecule has 108 valence electrons. The third-order valence-electron chi connectivity index (χ3n) is 3.45. The summed E-state index contributed by atoms with van der Waals surface area (Å²) in [6, 6.07) is 7.14. The Morgan fingerprint density at radius 2 is 2.19 bits per heavy atom. The van der Waals surface area contributed by atoms with E-state index >= 15 is 0 Å². The number of halogens is 1. The fourth-order valence-corrected chi connectivity index (χ4v) is 2.53. The number of aromatic nitrogens is 1. The molecule has 7 heteroatoms. The molecule has 1 aromatic heterocycles. The number of benzene rings is 1. The van der Waals surface area contributed by atoms with E-state index in [2.05, 4.69) is 5.32 Å². The molecule has 0 saturated carbocycles. The Balaban J connectivity index is 2.09. The molecule has 0 fully saturated rings. The lowest BCUT2D eigenvalue weighted by Gasteiger charge is -2.07. The van der Waals surface area contributed by atoms with Crippen molar-refractivity contribution in [2.75, 3.05) is 11.9 Å². The summed E-state index contributed by atoms with van der Waals surface area (Å²) in [4.78, 5) is 22.9. The van der Waals surface area contributed by atoms with Gasteiger partial charge in [-0.05, 0) is 17.7 Å². The normalized spacial score (nSPS) is 12.8. The molecular formula is C14H12FN3O3. The van der Waals surface area contributed by atoms with Crippen LogP contribution >= 0.6 is 0 Å². The van der Waals surface area contributed by atoms with E-state index < -0.39 is 10.7 Å². The minimum absolute atomic E-state index is 0.126. The van der Waals surface area contributed by atoms with Crippen molar-refractivity contribution in [1.82, 2.24) is 4.57 Å². The Hall–Kier alpha value is -2.70. The highest BCUT2D eigenvalue weighted by Gasteiger charge is 2.25. The van der Waals surface area contributed by atoms with E-state index in [-0.39, 0.29) is 23.5 Å². The molecule has 0 unspecified atom stereocenters. The van der Waals surface area contributed by atoms with Crippen molar-refractivity contribution >= 4 is 11.5 Å². The predicted molar refractivity (Wildman–Crippen MR) is 75.1 cm³/mol. The molecule has 21 heavy (non-hydrogen) atoms. The second-order valence-electron chi connectivity index (χ2n) is 4.85. The maximum absolute atomic E-state index is 13.2. The van der Waals surface area contributed by atoms with Crippen LogP contribution in [0.4, 0.5) is 15.9 Å². The Morgan fingerprint density at radius 3 is 2.90 bits per heavy atom. The van der Waals surface area contributed by atoms with E-state index in [1.807, 2.05) is 0 Å². The van der Waals surface area contributed by atoms with Gasteiger partial charge in [0.25, 0.3) is 5.56 Å². The van der Waals surface area contributed by atoms with Crippen LogP contribution in [0.3, 0.4) is 0 Å². The van der Waals surface area contributed by atoms with Gasteiger partial charge in [-0.3, -0.25) is 19.5 Å². The number of fused-ring (bicyclic) bond motifs is 1. The molecule has 0 aliphatic carbocycles. The lowest BCUT2D eigenvalue weighted by molar-refractivity contribution is -0.384. The lowest BCUT2D eigenvalue weighted by Crippen LogP contribution is -2.23. The molecule has 0 radical (unpaired) electrons. The van der Waals surface area contributed by atoms with Gasteiger partial charge >= 0.3 is 5.69 Å². The van der Waals surface area contributed by atoms with Gasteiger partial charge in [0.1, 0.15) is 5.82 Å². The van der Waals surface area contributed by atoms with Gasteiger partial charge in [0, 0.05) is 31.1 Å². The zero-order valence-electron chi connectivity index (χ0n) is 11.0. The monoisotopic (exact) mass is 289 g/mol. The minimum Gasteiger partial charge on any atom is -0.364 e. The van der Waals surface area contributed by atoms with Crippen molar-refractivity contribution in [2.24, 2.45) is 0 Å². The fourth-order valence-electron chi connectivity index (χ4n) is 2.53. The van der Waals surface area contributed by atoms with E-state index in [4.69, 9.17) is 0 Å². The summed E-state index contributed by atoms with van der Waals surface area (Å²) in [6.45, 7) is 0.880. The predicted octanol–water partition coefficient (Wildman–Crippen LogP) is 1.91. The van der Waals surface area contributed by atoms with Crippen molar-refractivity contribution < 1.29 is 9.31 Å². The first-order valence-electron chi connectivity index (χ1n) is 6.45. The number of nitrogens with zero attached hydrogens (tertiary/aromatic N) is 2.